The number of aliphatic hydroxyl groups excluding tert-OH is 3. The first-order valence-electron chi connectivity index (χ1n) is 13.5. The zero-order chi connectivity index (χ0) is 27.8. The smallest absolute Gasteiger partial charge is 0.201 e. The van der Waals surface area contributed by atoms with Crippen molar-refractivity contribution in [3.05, 3.63) is 82.6 Å². The van der Waals surface area contributed by atoms with Crippen LogP contribution in [0.5, 0.6) is 0 Å². The van der Waals surface area contributed by atoms with E-state index >= 15 is 0 Å². The third-order valence-corrected chi connectivity index (χ3v) is 8.31. The van der Waals surface area contributed by atoms with E-state index in [1.807, 2.05) is 74.5 Å². The summed E-state index contributed by atoms with van der Waals surface area (Å²) < 4.78 is 0. The van der Waals surface area contributed by atoms with E-state index in [1.54, 1.807) is 0 Å². The summed E-state index contributed by atoms with van der Waals surface area (Å²) in [5, 5.41) is 46.3. The van der Waals surface area contributed by atoms with Gasteiger partial charge in [-0.25, -0.2) is 0 Å². The number of ketones is 1. The average Bonchev–Trinajstić information content (AvgIpc) is 2.91. The fraction of sp³-hybridized carbons (Fsp3) is 0.250. The molecule has 2 atom stereocenters. The van der Waals surface area contributed by atoms with Crippen molar-refractivity contribution in [2.75, 3.05) is 29.2 Å². The SMILES string of the molecule is CC1(CCO)N=c2/c(=C3/C(=O)C(c4ccc5cccc6c5c4NC(C)(CCO)N6)=C3O)ccc3cccc(c23)N1. The minimum atomic E-state index is -0.755. The number of rotatable bonds is 5. The zero-order valence-electron chi connectivity index (χ0n) is 22.3. The Hall–Kier alpha value is -4.40. The van der Waals surface area contributed by atoms with Gasteiger partial charge in [0.2, 0.25) is 5.78 Å². The molecule has 2 heterocycles. The van der Waals surface area contributed by atoms with Crippen molar-refractivity contribution in [1.82, 2.24) is 0 Å². The first-order valence-corrected chi connectivity index (χ1v) is 13.5. The predicted octanol–water partition coefficient (Wildman–Crippen LogP) is 3.78. The number of nitrogens with one attached hydrogen (secondary N) is 3. The summed E-state index contributed by atoms with van der Waals surface area (Å²) in [5.74, 6) is -0.312. The Bertz CT molecular complexity index is 1930. The summed E-state index contributed by atoms with van der Waals surface area (Å²) in [5.41, 5.74) is 2.27. The number of carbonyl (C=O) groups is 1. The molecule has 1 aliphatic carbocycles. The van der Waals surface area contributed by atoms with E-state index in [2.05, 4.69) is 16.0 Å². The van der Waals surface area contributed by atoms with Crippen molar-refractivity contribution in [2.24, 2.45) is 4.99 Å². The van der Waals surface area contributed by atoms with E-state index in [9.17, 15) is 20.1 Å². The highest BCUT2D eigenvalue weighted by Gasteiger charge is 2.40. The average molecular weight is 535 g/mol. The summed E-state index contributed by atoms with van der Waals surface area (Å²) in [4.78, 5) is 18.9. The Morgan fingerprint density at radius 3 is 2.15 bits per heavy atom. The molecule has 0 aromatic heterocycles. The van der Waals surface area contributed by atoms with Crippen LogP contribution in [0.3, 0.4) is 0 Å². The first kappa shape index (κ1) is 24.6. The molecule has 0 saturated heterocycles. The molecule has 8 nitrogen and oxygen atoms in total. The second kappa shape index (κ2) is 8.55. The van der Waals surface area contributed by atoms with Crippen LogP contribution < -0.4 is 26.5 Å². The maximum Gasteiger partial charge on any atom is 0.201 e. The van der Waals surface area contributed by atoms with Crippen LogP contribution in [0.25, 0.3) is 32.7 Å². The van der Waals surface area contributed by atoms with E-state index in [4.69, 9.17) is 4.99 Å². The topological polar surface area (TPSA) is 126 Å². The molecule has 0 saturated carbocycles. The molecule has 4 aromatic rings. The van der Waals surface area contributed by atoms with E-state index < -0.39 is 11.3 Å². The number of Topliss-reactive ketones (excluding diaryl/α,β-unsaturated/α-hetero) is 1. The number of nitrogens with zero attached hydrogens (tertiary/aromatic N) is 1. The molecule has 2 unspecified atom stereocenters. The van der Waals surface area contributed by atoms with Crippen LogP contribution in [0.2, 0.25) is 0 Å². The van der Waals surface area contributed by atoms with Crippen LogP contribution in [0.15, 0.2) is 71.4 Å². The quantitative estimate of drug-likeness (QED) is 0.230. The third-order valence-electron chi connectivity index (χ3n) is 8.31. The third kappa shape index (κ3) is 3.46. The fourth-order valence-electron chi connectivity index (χ4n) is 6.36. The van der Waals surface area contributed by atoms with Gasteiger partial charge in [0.15, 0.2) is 0 Å². The molecular weight excluding hydrogens is 504 g/mol. The van der Waals surface area contributed by atoms with Gasteiger partial charge in [-0.15, -0.1) is 0 Å². The van der Waals surface area contributed by atoms with Gasteiger partial charge in [-0.2, -0.15) is 0 Å². The van der Waals surface area contributed by atoms with E-state index in [1.165, 1.54) is 0 Å². The highest BCUT2D eigenvalue weighted by Crippen LogP contribution is 2.47. The van der Waals surface area contributed by atoms with Gasteiger partial charge >= 0.3 is 0 Å². The molecule has 0 bridgehead atoms. The number of hydrogen-bond donors (Lipinski definition) is 6. The Morgan fingerprint density at radius 1 is 0.775 bits per heavy atom. The van der Waals surface area contributed by atoms with Crippen molar-refractivity contribution >= 4 is 55.5 Å². The predicted molar refractivity (Wildman–Crippen MR) is 158 cm³/mol. The van der Waals surface area contributed by atoms with Gasteiger partial charge in [-0.3, -0.25) is 9.79 Å². The van der Waals surface area contributed by atoms with Crippen molar-refractivity contribution in [2.45, 2.75) is 38.0 Å². The number of hydrogen-bond acceptors (Lipinski definition) is 8. The molecule has 7 rings (SSSR count). The molecule has 0 radical (unpaired) electrons. The fourth-order valence-corrected chi connectivity index (χ4v) is 6.36. The number of allylic oxidation sites excluding steroid dienone is 2. The van der Waals surface area contributed by atoms with Crippen LogP contribution in [0.1, 0.15) is 32.3 Å². The van der Waals surface area contributed by atoms with Crippen LogP contribution in [0, 0.1) is 0 Å². The summed E-state index contributed by atoms with van der Waals surface area (Å²) in [6.07, 6.45) is 0.834. The van der Waals surface area contributed by atoms with Crippen molar-refractivity contribution in [1.29, 1.82) is 0 Å². The Kier molecular flexibility index (Phi) is 5.26. The normalized spacial score (nSPS) is 24.2. The minimum Gasteiger partial charge on any atom is -0.506 e. The molecule has 8 heteroatoms. The van der Waals surface area contributed by atoms with Crippen LogP contribution >= 0.6 is 0 Å². The number of carbonyl (C=O) groups excluding carboxylic acids is 1. The van der Waals surface area contributed by atoms with Crippen LogP contribution in [-0.4, -0.2) is 45.6 Å². The first-order chi connectivity index (χ1) is 19.3. The molecule has 0 amide bonds. The largest absolute Gasteiger partial charge is 0.506 e. The number of anilines is 3. The van der Waals surface area contributed by atoms with Gasteiger partial charge in [0.1, 0.15) is 17.1 Å². The standard InChI is InChI=1S/C32H30N4O4/c1-31(13-15-37)33-21-7-3-5-17-9-11-19(27(35-31)23(17)21)25-29(39)26(30(25)40)20-12-10-18-6-4-8-22-24(18)28(20)36-32(2,34-22)14-16-38/h3-12,33-35,37-39H,13-16H2,1-2H3/b26-20+. The van der Waals surface area contributed by atoms with Gasteiger partial charge in [0, 0.05) is 59.0 Å². The molecule has 202 valence electrons. The highest BCUT2D eigenvalue weighted by molar-refractivity contribution is 6.52. The van der Waals surface area contributed by atoms with Crippen LogP contribution in [0.4, 0.5) is 17.1 Å². The Balaban J connectivity index is 1.48. The maximum atomic E-state index is 13.9. The molecule has 40 heavy (non-hydrogen) atoms. The minimum absolute atomic E-state index is 0.0188. The molecule has 0 fully saturated rings. The summed E-state index contributed by atoms with van der Waals surface area (Å²) in [6.45, 7) is 3.81. The number of aliphatic hydroxyl groups is 3. The molecule has 2 aliphatic heterocycles. The van der Waals surface area contributed by atoms with Crippen molar-refractivity contribution in [3.63, 3.8) is 0 Å². The van der Waals surface area contributed by atoms with Gasteiger partial charge in [-0.1, -0.05) is 48.5 Å². The Labute approximate surface area is 230 Å². The van der Waals surface area contributed by atoms with E-state index in [0.717, 1.165) is 38.6 Å². The summed E-state index contributed by atoms with van der Waals surface area (Å²) >= 11 is 0. The summed E-state index contributed by atoms with van der Waals surface area (Å²) in [6, 6.07) is 19.5. The van der Waals surface area contributed by atoms with Gasteiger partial charge in [0.05, 0.1) is 22.2 Å². The summed E-state index contributed by atoms with van der Waals surface area (Å²) in [7, 11) is 0. The zero-order valence-corrected chi connectivity index (χ0v) is 22.3. The Morgan fingerprint density at radius 2 is 1.45 bits per heavy atom. The lowest BCUT2D eigenvalue weighted by molar-refractivity contribution is -0.109. The van der Waals surface area contributed by atoms with Gasteiger partial charge < -0.3 is 31.3 Å². The van der Waals surface area contributed by atoms with Gasteiger partial charge in [0.25, 0.3) is 0 Å². The monoisotopic (exact) mass is 534 g/mol. The van der Waals surface area contributed by atoms with Gasteiger partial charge in [-0.05, 0) is 36.8 Å². The molecule has 3 aliphatic rings. The molecule has 4 aromatic carbocycles. The highest BCUT2D eigenvalue weighted by atomic mass is 16.3. The molecular formula is C32H30N4O4. The second-order valence-corrected chi connectivity index (χ2v) is 11.2. The maximum absolute atomic E-state index is 13.9. The van der Waals surface area contributed by atoms with Crippen molar-refractivity contribution in [3.8, 4) is 0 Å². The molecule has 0 spiro atoms. The van der Waals surface area contributed by atoms with Crippen LogP contribution in [-0.2, 0) is 4.79 Å². The lowest BCUT2D eigenvalue weighted by Crippen LogP contribution is -2.46. The second-order valence-electron chi connectivity index (χ2n) is 11.2. The van der Waals surface area contributed by atoms with E-state index in [0.29, 0.717) is 29.0 Å². The number of benzene rings is 4. The van der Waals surface area contributed by atoms with Crippen molar-refractivity contribution < 1.29 is 20.1 Å². The van der Waals surface area contributed by atoms with E-state index in [-0.39, 0.29) is 35.9 Å². The lowest BCUT2D eigenvalue weighted by atomic mass is 9.79. The molecule has 6 N–H and O–H groups in total. The lowest BCUT2D eigenvalue weighted by Gasteiger charge is -2.40.